The van der Waals surface area contributed by atoms with Crippen molar-refractivity contribution in [3.63, 3.8) is 0 Å². The van der Waals surface area contributed by atoms with Crippen LogP contribution in [0.4, 0.5) is 5.69 Å². The minimum Gasteiger partial charge on any atom is -0.312 e. The molecule has 0 spiro atoms. The number of rotatable bonds is 5. The van der Waals surface area contributed by atoms with Gasteiger partial charge in [-0.25, -0.2) is 4.68 Å². The third-order valence-electron chi connectivity index (χ3n) is 4.39. The molecule has 0 N–H and O–H groups in total. The largest absolute Gasteiger partial charge is 0.312 e. The van der Waals surface area contributed by atoms with E-state index >= 15 is 0 Å². The molecule has 0 saturated heterocycles. The zero-order valence-electron chi connectivity index (χ0n) is 14.7. The predicted molar refractivity (Wildman–Crippen MR) is 96.8 cm³/mol. The molecule has 6 nitrogen and oxygen atoms in total. The molecule has 0 atom stereocenters. The second kappa shape index (κ2) is 7.25. The second-order valence-corrected chi connectivity index (χ2v) is 5.95. The number of benzene rings is 2. The molecule has 0 aliphatic heterocycles. The average Bonchev–Trinajstić information content (AvgIpc) is 3.14. The monoisotopic (exact) mass is 335 g/mol. The van der Waals surface area contributed by atoms with E-state index < -0.39 is 0 Å². The zero-order valence-corrected chi connectivity index (χ0v) is 14.7. The van der Waals surface area contributed by atoms with E-state index in [9.17, 15) is 4.79 Å². The van der Waals surface area contributed by atoms with Gasteiger partial charge in [-0.3, -0.25) is 4.79 Å². The maximum Gasteiger partial charge on any atom is 0.231 e. The van der Waals surface area contributed by atoms with E-state index in [0.29, 0.717) is 13.0 Å². The number of aromatic nitrogens is 4. The fourth-order valence-corrected chi connectivity index (χ4v) is 2.83. The average molecular weight is 335 g/mol. The van der Waals surface area contributed by atoms with Gasteiger partial charge in [0.15, 0.2) is 0 Å². The van der Waals surface area contributed by atoms with Gasteiger partial charge in [-0.1, -0.05) is 24.3 Å². The molecule has 3 aromatic rings. The lowest BCUT2D eigenvalue weighted by atomic mass is 10.1. The van der Waals surface area contributed by atoms with Crippen LogP contribution in [-0.2, 0) is 11.2 Å². The number of carbonyl (C=O) groups is 1. The molecule has 0 radical (unpaired) electrons. The van der Waals surface area contributed by atoms with E-state index in [1.54, 1.807) is 11.0 Å². The van der Waals surface area contributed by atoms with E-state index in [1.807, 2.05) is 48.2 Å². The Kier molecular flexibility index (Phi) is 4.88. The van der Waals surface area contributed by atoms with Crippen molar-refractivity contribution in [3.05, 3.63) is 65.5 Å². The summed E-state index contributed by atoms with van der Waals surface area (Å²) in [5.41, 5.74) is 5.15. The molecule has 0 fully saturated rings. The van der Waals surface area contributed by atoms with Gasteiger partial charge in [0, 0.05) is 12.2 Å². The highest BCUT2D eigenvalue weighted by Gasteiger charge is 2.17. The van der Waals surface area contributed by atoms with Crippen molar-refractivity contribution >= 4 is 11.6 Å². The molecule has 0 saturated carbocycles. The third-order valence-corrected chi connectivity index (χ3v) is 4.39. The maximum atomic E-state index is 12.8. The molecule has 25 heavy (non-hydrogen) atoms. The molecule has 3 rings (SSSR count). The number of nitrogens with zero attached hydrogens (tertiary/aromatic N) is 5. The van der Waals surface area contributed by atoms with Crippen molar-refractivity contribution in [1.82, 2.24) is 20.2 Å². The lowest BCUT2D eigenvalue weighted by Crippen LogP contribution is -2.32. The zero-order chi connectivity index (χ0) is 17.8. The minimum absolute atomic E-state index is 0.0892. The molecule has 1 aromatic heterocycles. The Morgan fingerprint density at radius 3 is 2.52 bits per heavy atom. The Balaban J connectivity index is 1.77. The Hall–Kier alpha value is -3.02. The summed E-state index contributed by atoms with van der Waals surface area (Å²) in [5, 5.41) is 11.1. The third kappa shape index (κ3) is 3.57. The Bertz CT molecular complexity index is 856. The molecule has 2 aromatic carbocycles. The molecule has 0 bridgehead atoms. The van der Waals surface area contributed by atoms with Crippen LogP contribution in [0.2, 0.25) is 0 Å². The van der Waals surface area contributed by atoms with Gasteiger partial charge in [-0.05, 0) is 66.1 Å². The predicted octanol–water partition coefficient (Wildman–Crippen LogP) is 2.87. The summed E-state index contributed by atoms with van der Waals surface area (Å²) in [7, 11) is 0. The van der Waals surface area contributed by atoms with Crippen LogP contribution >= 0.6 is 0 Å². The first-order valence-corrected chi connectivity index (χ1v) is 8.29. The number of aryl methyl sites for hydroxylation is 1. The molecule has 0 unspecified atom stereocenters. The normalized spacial score (nSPS) is 10.7. The van der Waals surface area contributed by atoms with Crippen LogP contribution < -0.4 is 4.90 Å². The molecular weight excluding hydrogens is 314 g/mol. The number of tetrazole rings is 1. The summed E-state index contributed by atoms with van der Waals surface area (Å²) >= 11 is 0. The first kappa shape index (κ1) is 16.8. The second-order valence-electron chi connectivity index (χ2n) is 5.95. The number of hydrogen-bond donors (Lipinski definition) is 0. The van der Waals surface area contributed by atoms with Crippen molar-refractivity contribution in [1.29, 1.82) is 0 Å². The number of carbonyl (C=O) groups excluding carboxylic acids is 1. The summed E-state index contributed by atoms with van der Waals surface area (Å²) < 4.78 is 1.58. The first-order chi connectivity index (χ1) is 12.1. The summed E-state index contributed by atoms with van der Waals surface area (Å²) in [6.07, 6.45) is 1.90. The minimum atomic E-state index is 0.0892. The molecule has 1 heterocycles. The fraction of sp³-hybridized carbons (Fsp3) is 0.263. The summed E-state index contributed by atoms with van der Waals surface area (Å²) in [6.45, 7) is 6.77. The van der Waals surface area contributed by atoms with E-state index in [-0.39, 0.29) is 5.91 Å². The van der Waals surface area contributed by atoms with Gasteiger partial charge in [0.25, 0.3) is 0 Å². The molecule has 128 valence electrons. The highest BCUT2D eigenvalue weighted by atomic mass is 16.2. The van der Waals surface area contributed by atoms with Crippen molar-refractivity contribution in [2.75, 3.05) is 11.4 Å². The van der Waals surface area contributed by atoms with Crippen LogP contribution in [0.25, 0.3) is 5.69 Å². The van der Waals surface area contributed by atoms with Gasteiger partial charge in [0.05, 0.1) is 12.1 Å². The number of hydrogen-bond acceptors (Lipinski definition) is 4. The van der Waals surface area contributed by atoms with Crippen LogP contribution in [0.3, 0.4) is 0 Å². The van der Waals surface area contributed by atoms with E-state index in [2.05, 4.69) is 35.4 Å². The lowest BCUT2D eigenvalue weighted by molar-refractivity contribution is -0.117. The maximum absolute atomic E-state index is 12.8. The molecule has 0 aliphatic rings. The smallest absolute Gasteiger partial charge is 0.231 e. The standard InChI is InChI=1S/C19H21N5O/c1-4-23(18-7-5-6-14(2)15(18)3)19(25)12-16-8-10-17(11-9-16)24-13-20-21-22-24/h5-11,13H,4,12H2,1-3H3. The van der Waals surface area contributed by atoms with Gasteiger partial charge in [0.1, 0.15) is 6.33 Å². The van der Waals surface area contributed by atoms with Crippen molar-refractivity contribution in [2.45, 2.75) is 27.2 Å². The van der Waals surface area contributed by atoms with Crippen molar-refractivity contribution in [2.24, 2.45) is 0 Å². The molecule has 0 aliphatic carbocycles. The number of likely N-dealkylation sites (N-methyl/N-ethyl adjacent to an activating group) is 1. The van der Waals surface area contributed by atoms with Crippen LogP contribution in [0.1, 0.15) is 23.6 Å². The van der Waals surface area contributed by atoms with E-state index in [1.165, 1.54) is 5.56 Å². The molecule has 6 heteroatoms. The van der Waals surface area contributed by atoms with Gasteiger partial charge < -0.3 is 4.90 Å². The SMILES string of the molecule is CCN(C(=O)Cc1ccc(-n2cnnn2)cc1)c1cccc(C)c1C. The molecular formula is C19H21N5O. The van der Waals surface area contributed by atoms with Crippen LogP contribution in [0, 0.1) is 13.8 Å². The van der Waals surface area contributed by atoms with Gasteiger partial charge in [-0.2, -0.15) is 0 Å². The number of anilines is 1. The Morgan fingerprint density at radius 2 is 1.88 bits per heavy atom. The highest BCUT2D eigenvalue weighted by molar-refractivity contribution is 5.95. The first-order valence-electron chi connectivity index (χ1n) is 8.29. The van der Waals surface area contributed by atoms with Gasteiger partial charge >= 0.3 is 0 Å². The number of amides is 1. The highest BCUT2D eigenvalue weighted by Crippen LogP contribution is 2.23. The topological polar surface area (TPSA) is 63.9 Å². The summed E-state index contributed by atoms with van der Waals surface area (Å²) in [6, 6.07) is 13.8. The lowest BCUT2D eigenvalue weighted by Gasteiger charge is -2.24. The Morgan fingerprint density at radius 1 is 1.12 bits per heavy atom. The molecule has 1 amide bonds. The van der Waals surface area contributed by atoms with E-state index in [4.69, 9.17) is 0 Å². The van der Waals surface area contributed by atoms with Crippen LogP contribution in [0.15, 0.2) is 48.8 Å². The fourth-order valence-electron chi connectivity index (χ4n) is 2.83. The Labute approximate surface area is 147 Å². The van der Waals surface area contributed by atoms with Crippen LogP contribution in [-0.4, -0.2) is 32.7 Å². The van der Waals surface area contributed by atoms with Crippen molar-refractivity contribution in [3.8, 4) is 5.69 Å². The van der Waals surface area contributed by atoms with Crippen molar-refractivity contribution < 1.29 is 4.79 Å². The van der Waals surface area contributed by atoms with E-state index in [0.717, 1.165) is 22.5 Å². The van der Waals surface area contributed by atoms with Gasteiger partial charge in [0.2, 0.25) is 5.91 Å². The van der Waals surface area contributed by atoms with Crippen LogP contribution in [0.5, 0.6) is 0 Å². The quantitative estimate of drug-likeness (QED) is 0.719. The summed E-state index contributed by atoms with van der Waals surface area (Å²) in [5.74, 6) is 0.0892. The summed E-state index contributed by atoms with van der Waals surface area (Å²) in [4.78, 5) is 14.7. The van der Waals surface area contributed by atoms with Gasteiger partial charge in [-0.15, -0.1) is 5.10 Å².